The number of rotatable bonds is 4. The number of thiophene rings is 1. The highest BCUT2D eigenvalue weighted by molar-refractivity contribution is 7.26. The Bertz CT molecular complexity index is 924. The molecule has 25 heavy (non-hydrogen) atoms. The lowest BCUT2D eigenvalue weighted by atomic mass is 9.86. The summed E-state index contributed by atoms with van der Waals surface area (Å²) >= 11 is 1.77. The van der Waals surface area contributed by atoms with Gasteiger partial charge in [-0.1, -0.05) is 13.8 Å². The van der Waals surface area contributed by atoms with E-state index in [-0.39, 0.29) is 0 Å². The molecule has 0 saturated heterocycles. The molecule has 0 aliphatic heterocycles. The third-order valence-electron chi connectivity index (χ3n) is 5.35. The molecule has 0 spiro atoms. The van der Waals surface area contributed by atoms with Crippen molar-refractivity contribution in [1.82, 2.24) is 15.0 Å². The van der Waals surface area contributed by atoms with E-state index in [0.29, 0.717) is 5.92 Å². The second kappa shape index (κ2) is 6.52. The van der Waals surface area contributed by atoms with Crippen molar-refractivity contribution in [3.63, 3.8) is 0 Å². The topological polar surface area (TPSA) is 41.9 Å². The second-order valence-corrected chi connectivity index (χ2v) is 8.14. The first-order valence-corrected chi connectivity index (χ1v) is 10.3. The first-order valence-electron chi connectivity index (χ1n) is 9.49. The summed E-state index contributed by atoms with van der Waals surface area (Å²) in [5.74, 6) is 1.53. The molecule has 0 atom stereocenters. The number of pyridine rings is 1. The highest BCUT2D eigenvalue weighted by Gasteiger charge is 2.24. The Kier molecular flexibility index (Phi) is 4.36. The molecule has 0 N–H and O–H groups in total. The van der Waals surface area contributed by atoms with Crippen LogP contribution in [0, 0.1) is 0 Å². The first kappa shape index (κ1) is 16.7. The normalized spacial score (nSPS) is 14.4. The summed E-state index contributed by atoms with van der Waals surface area (Å²) in [6.45, 7) is 10.8. The SMILES string of the molecule is CCN(CC)c1ncnc2c1sc1nc(C(C)C)c3c(c12)CCCC3. The number of anilines is 1. The molecule has 4 nitrogen and oxygen atoms in total. The lowest BCUT2D eigenvalue weighted by Gasteiger charge is -2.21. The Hall–Kier alpha value is -1.75. The van der Waals surface area contributed by atoms with E-state index in [1.54, 1.807) is 17.7 Å². The van der Waals surface area contributed by atoms with Crippen LogP contribution in [0.1, 0.15) is 63.3 Å². The van der Waals surface area contributed by atoms with Crippen molar-refractivity contribution in [3.05, 3.63) is 23.1 Å². The summed E-state index contributed by atoms with van der Waals surface area (Å²) in [6.07, 6.45) is 6.60. The quantitative estimate of drug-likeness (QED) is 0.654. The van der Waals surface area contributed by atoms with E-state index in [4.69, 9.17) is 9.97 Å². The molecule has 1 aliphatic rings. The molecule has 0 fully saturated rings. The lowest BCUT2D eigenvalue weighted by Crippen LogP contribution is -2.23. The number of aryl methyl sites for hydroxylation is 1. The molecular weight excluding hydrogens is 328 g/mol. The minimum absolute atomic E-state index is 0.467. The molecule has 0 saturated carbocycles. The monoisotopic (exact) mass is 354 g/mol. The molecule has 0 radical (unpaired) electrons. The van der Waals surface area contributed by atoms with Gasteiger partial charge >= 0.3 is 0 Å². The van der Waals surface area contributed by atoms with Gasteiger partial charge in [0.25, 0.3) is 0 Å². The molecule has 132 valence electrons. The summed E-state index contributed by atoms with van der Waals surface area (Å²) in [4.78, 5) is 17.9. The van der Waals surface area contributed by atoms with Crippen LogP contribution in [0.4, 0.5) is 5.82 Å². The van der Waals surface area contributed by atoms with Gasteiger partial charge in [0.15, 0.2) is 0 Å². The Labute approximate surface area is 153 Å². The van der Waals surface area contributed by atoms with Crippen molar-refractivity contribution in [2.24, 2.45) is 0 Å². The van der Waals surface area contributed by atoms with Gasteiger partial charge in [0, 0.05) is 24.2 Å². The van der Waals surface area contributed by atoms with Crippen LogP contribution in [0.2, 0.25) is 0 Å². The predicted octanol–water partition coefficient (Wildman–Crippen LogP) is 5.09. The standard InChI is InChI=1S/C20H26N4S/c1-5-24(6-2)19-18-17(21-11-22-19)15-13-9-7-8-10-14(13)16(12(3)4)23-20(15)25-18/h11-12H,5-10H2,1-4H3. The predicted molar refractivity (Wildman–Crippen MR) is 107 cm³/mol. The fourth-order valence-electron chi connectivity index (χ4n) is 4.10. The second-order valence-electron chi connectivity index (χ2n) is 7.15. The van der Waals surface area contributed by atoms with Gasteiger partial charge in [-0.2, -0.15) is 0 Å². The molecule has 0 amide bonds. The molecule has 3 heterocycles. The average Bonchev–Trinajstić information content (AvgIpc) is 3.01. The van der Waals surface area contributed by atoms with Gasteiger partial charge < -0.3 is 4.90 Å². The van der Waals surface area contributed by atoms with Gasteiger partial charge in [0.05, 0.1) is 10.2 Å². The zero-order valence-electron chi connectivity index (χ0n) is 15.6. The molecule has 3 aromatic heterocycles. The van der Waals surface area contributed by atoms with Crippen molar-refractivity contribution >= 4 is 37.6 Å². The highest BCUT2D eigenvalue weighted by atomic mass is 32.1. The fraction of sp³-hybridized carbons (Fsp3) is 0.550. The van der Waals surface area contributed by atoms with E-state index >= 15 is 0 Å². The van der Waals surface area contributed by atoms with Crippen molar-refractivity contribution in [1.29, 1.82) is 0 Å². The molecule has 4 rings (SSSR count). The summed E-state index contributed by atoms with van der Waals surface area (Å²) in [5.41, 5.74) is 5.41. The maximum atomic E-state index is 5.11. The Morgan fingerprint density at radius 1 is 1.08 bits per heavy atom. The molecular formula is C20H26N4S. The van der Waals surface area contributed by atoms with Crippen LogP contribution in [0.15, 0.2) is 6.33 Å². The fourth-order valence-corrected chi connectivity index (χ4v) is 5.29. The van der Waals surface area contributed by atoms with Gasteiger partial charge in [-0.05, 0) is 56.6 Å². The van der Waals surface area contributed by atoms with Crippen LogP contribution in [-0.4, -0.2) is 28.0 Å². The highest BCUT2D eigenvalue weighted by Crippen LogP contribution is 2.42. The van der Waals surface area contributed by atoms with E-state index < -0.39 is 0 Å². The summed E-state index contributed by atoms with van der Waals surface area (Å²) in [6, 6.07) is 0. The van der Waals surface area contributed by atoms with Crippen molar-refractivity contribution < 1.29 is 0 Å². The van der Waals surface area contributed by atoms with E-state index in [2.05, 4.69) is 37.6 Å². The third kappa shape index (κ3) is 2.60. The van der Waals surface area contributed by atoms with Crippen LogP contribution in [0.5, 0.6) is 0 Å². The van der Waals surface area contributed by atoms with Gasteiger partial charge in [-0.3, -0.25) is 0 Å². The third-order valence-corrected chi connectivity index (χ3v) is 6.41. The van der Waals surface area contributed by atoms with Gasteiger partial charge in [-0.15, -0.1) is 11.3 Å². The number of hydrogen-bond donors (Lipinski definition) is 0. The van der Waals surface area contributed by atoms with Crippen LogP contribution >= 0.6 is 11.3 Å². The summed E-state index contributed by atoms with van der Waals surface area (Å²) in [5, 5.41) is 1.30. The molecule has 3 aromatic rings. The molecule has 0 aromatic carbocycles. The van der Waals surface area contributed by atoms with E-state index in [1.165, 1.54) is 39.7 Å². The average molecular weight is 355 g/mol. The van der Waals surface area contributed by atoms with Crippen LogP contribution in [-0.2, 0) is 12.8 Å². The van der Waals surface area contributed by atoms with Gasteiger partial charge in [0.1, 0.15) is 17.0 Å². The summed E-state index contributed by atoms with van der Waals surface area (Å²) in [7, 11) is 0. The Morgan fingerprint density at radius 2 is 1.80 bits per heavy atom. The number of aromatic nitrogens is 3. The van der Waals surface area contributed by atoms with Gasteiger partial charge in [0.2, 0.25) is 0 Å². The zero-order chi connectivity index (χ0) is 17.6. The van der Waals surface area contributed by atoms with Crippen LogP contribution in [0.3, 0.4) is 0 Å². The van der Waals surface area contributed by atoms with Crippen molar-refractivity contribution in [2.75, 3.05) is 18.0 Å². The van der Waals surface area contributed by atoms with Crippen molar-refractivity contribution in [3.8, 4) is 0 Å². The number of nitrogens with zero attached hydrogens (tertiary/aromatic N) is 4. The number of fused-ring (bicyclic) bond motifs is 5. The van der Waals surface area contributed by atoms with Crippen LogP contribution < -0.4 is 4.90 Å². The largest absolute Gasteiger partial charge is 0.356 e. The number of hydrogen-bond acceptors (Lipinski definition) is 5. The minimum Gasteiger partial charge on any atom is -0.356 e. The van der Waals surface area contributed by atoms with E-state index in [0.717, 1.165) is 42.1 Å². The minimum atomic E-state index is 0.467. The maximum Gasteiger partial charge on any atom is 0.150 e. The van der Waals surface area contributed by atoms with E-state index in [9.17, 15) is 0 Å². The van der Waals surface area contributed by atoms with Crippen LogP contribution in [0.25, 0.3) is 20.4 Å². The maximum absolute atomic E-state index is 5.11. The lowest BCUT2D eigenvalue weighted by molar-refractivity contribution is 0.667. The Balaban J connectivity index is 2.07. The summed E-state index contributed by atoms with van der Waals surface area (Å²) < 4.78 is 1.20. The first-order chi connectivity index (χ1) is 12.2. The molecule has 5 heteroatoms. The molecule has 0 unspecified atom stereocenters. The smallest absolute Gasteiger partial charge is 0.150 e. The zero-order valence-corrected chi connectivity index (χ0v) is 16.4. The van der Waals surface area contributed by atoms with Gasteiger partial charge in [-0.25, -0.2) is 15.0 Å². The Morgan fingerprint density at radius 3 is 2.48 bits per heavy atom. The van der Waals surface area contributed by atoms with E-state index in [1.807, 2.05) is 0 Å². The molecule has 1 aliphatic carbocycles. The van der Waals surface area contributed by atoms with Crippen molar-refractivity contribution in [2.45, 2.75) is 59.3 Å². The molecule has 0 bridgehead atoms.